The second-order valence-corrected chi connectivity index (χ2v) is 7.36. The molecule has 0 saturated carbocycles. The van der Waals surface area contributed by atoms with Crippen LogP contribution in [0.25, 0.3) is 0 Å². The summed E-state index contributed by atoms with van der Waals surface area (Å²) in [5.41, 5.74) is 1.78. The van der Waals surface area contributed by atoms with Crippen molar-refractivity contribution in [2.75, 3.05) is 32.8 Å². The Morgan fingerprint density at radius 3 is 2.67 bits per heavy atom. The standard InChI is InChI=1S/C19H25N3O2/c1-15(2)22-13-19(9-18(22)23)12-21(7-8-24-14-19)11-17-5-3-16(10-20)4-6-17/h3-6,15H,7-9,11-14H2,1-2H3. The van der Waals surface area contributed by atoms with Gasteiger partial charge in [-0.15, -0.1) is 0 Å². The van der Waals surface area contributed by atoms with Crippen molar-refractivity contribution in [3.05, 3.63) is 35.4 Å². The molecule has 5 heteroatoms. The molecule has 24 heavy (non-hydrogen) atoms. The zero-order valence-corrected chi connectivity index (χ0v) is 14.5. The van der Waals surface area contributed by atoms with Crippen LogP contribution in [0.5, 0.6) is 0 Å². The van der Waals surface area contributed by atoms with Crippen LogP contribution in [-0.4, -0.2) is 54.6 Å². The number of amides is 1. The molecule has 1 atom stereocenters. The Morgan fingerprint density at radius 1 is 1.29 bits per heavy atom. The number of hydrogen-bond donors (Lipinski definition) is 0. The van der Waals surface area contributed by atoms with E-state index in [0.717, 1.165) is 26.2 Å². The molecule has 0 aromatic heterocycles. The van der Waals surface area contributed by atoms with Gasteiger partial charge in [0.1, 0.15) is 0 Å². The Balaban J connectivity index is 1.71. The van der Waals surface area contributed by atoms with Crippen LogP contribution in [0.3, 0.4) is 0 Å². The van der Waals surface area contributed by atoms with E-state index in [2.05, 4.69) is 24.8 Å². The largest absolute Gasteiger partial charge is 0.379 e. The van der Waals surface area contributed by atoms with Gasteiger partial charge >= 0.3 is 0 Å². The summed E-state index contributed by atoms with van der Waals surface area (Å²) >= 11 is 0. The summed E-state index contributed by atoms with van der Waals surface area (Å²) in [7, 11) is 0. The van der Waals surface area contributed by atoms with Gasteiger partial charge in [-0.2, -0.15) is 5.26 Å². The molecule has 1 aromatic carbocycles. The number of nitrogens with zero attached hydrogens (tertiary/aromatic N) is 3. The van der Waals surface area contributed by atoms with E-state index in [1.54, 1.807) is 0 Å². The zero-order chi connectivity index (χ0) is 17.2. The molecule has 5 nitrogen and oxygen atoms in total. The molecule has 1 unspecified atom stereocenters. The molecule has 1 spiro atoms. The van der Waals surface area contributed by atoms with Crippen molar-refractivity contribution >= 4 is 5.91 Å². The van der Waals surface area contributed by atoms with E-state index >= 15 is 0 Å². The summed E-state index contributed by atoms with van der Waals surface area (Å²) in [6.07, 6.45) is 0.578. The summed E-state index contributed by atoms with van der Waals surface area (Å²) < 4.78 is 5.85. The molecule has 128 valence electrons. The normalized spacial score (nSPS) is 25.2. The number of nitriles is 1. The number of ether oxygens (including phenoxy) is 1. The number of carbonyl (C=O) groups is 1. The van der Waals surface area contributed by atoms with Crippen LogP contribution in [0.4, 0.5) is 0 Å². The summed E-state index contributed by atoms with van der Waals surface area (Å²) in [5.74, 6) is 0.244. The topological polar surface area (TPSA) is 56.6 Å². The van der Waals surface area contributed by atoms with E-state index in [1.165, 1.54) is 5.56 Å². The first-order valence-corrected chi connectivity index (χ1v) is 8.60. The fourth-order valence-electron chi connectivity index (χ4n) is 3.76. The molecule has 0 bridgehead atoms. The number of likely N-dealkylation sites (tertiary alicyclic amines) is 1. The van der Waals surface area contributed by atoms with Gasteiger partial charge in [-0.25, -0.2) is 0 Å². The predicted octanol–water partition coefficient (Wildman–Crippen LogP) is 2.02. The second kappa shape index (κ2) is 6.92. The molecule has 2 heterocycles. The Kier molecular flexibility index (Phi) is 4.88. The number of hydrogen-bond acceptors (Lipinski definition) is 4. The van der Waals surface area contributed by atoms with Crippen LogP contribution in [0, 0.1) is 16.7 Å². The van der Waals surface area contributed by atoms with Gasteiger partial charge in [-0.05, 0) is 31.5 Å². The van der Waals surface area contributed by atoms with Crippen molar-refractivity contribution in [1.82, 2.24) is 9.80 Å². The van der Waals surface area contributed by atoms with E-state index in [9.17, 15) is 4.79 Å². The lowest BCUT2D eigenvalue weighted by atomic mass is 9.87. The number of benzene rings is 1. The third kappa shape index (κ3) is 3.61. The van der Waals surface area contributed by atoms with Crippen LogP contribution >= 0.6 is 0 Å². The minimum Gasteiger partial charge on any atom is -0.379 e. The van der Waals surface area contributed by atoms with Crippen LogP contribution in [-0.2, 0) is 16.1 Å². The fourth-order valence-corrected chi connectivity index (χ4v) is 3.76. The Bertz CT molecular complexity index is 635. The maximum Gasteiger partial charge on any atom is 0.223 e. The highest BCUT2D eigenvalue weighted by Gasteiger charge is 2.46. The zero-order valence-electron chi connectivity index (χ0n) is 14.5. The van der Waals surface area contributed by atoms with Crippen molar-refractivity contribution < 1.29 is 9.53 Å². The average molecular weight is 327 g/mol. The van der Waals surface area contributed by atoms with Gasteiger partial charge in [0.15, 0.2) is 0 Å². The number of carbonyl (C=O) groups excluding carboxylic acids is 1. The van der Waals surface area contributed by atoms with Gasteiger partial charge in [-0.3, -0.25) is 9.69 Å². The van der Waals surface area contributed by atoms with Gasteiger partial charge < -0.3 is 9.64 Å². The Morgan fingerprint density at radius 2 is 2.04 bits per heavy atom. The van der Waals surface area contributed by atoms with Gasteiger partial charge in [0.25, 0.3) is 0 Å². The lowest BCUT2D eigenvalue weighted by Crippen LogP contribution is -2.41. The first-order valence-electron chi connectivity index (χ1n) is 8.60. The van der Waals surface area contributed by atoms with E-state index in [-0.39, 0.29) is 17.4 Å². The molecule has 2 fully saturated rings. The van der Waals surface area contributed by atoms with E-state index in [4.69, 9.17) is 10.00 Å². The summed E-state index contributed by atoms with van der Waals surface area (Å²) in [5, 5.41) is 8.91. The van der Waals surface area contributed by atoms with Gasteiger partial charge in [-0.1, -0.05) is 12.1 Å². The van der Waals surface area contributed by atoms with Crippen molar-refractivity contribution in [2.45, 2.75) is 32.9 Å². The molecule has 0 N–H and O–H groups in total. The highest BCUT2D eigenvalue weighted by atomic mass is 16.5. The molecule has 3 rings (SSSR count). The third-order valence-electron chi connectivity index (χ3n) is 4.98. The first-order chi connectivity index (χ1) is 11.5. The Labute approximate surface area is 143 Å². The molecule has 0 radical (unpaired) electrons. The van der Waals surface area contributed by atoms with Gasteiger partial charge in [0.05, 0.1) is 24.8 Å². The number of rotatable bonds is 3. The maximum absolute atomic E-state index is 12.4. The molecule has 1 amide bonds. The highest BCUT2D eigenvalue weighted by Crippen LogP contribution is 2.35. The summed E-state index contributed by atoms with van der Waals surface area (Å²) in [6, 6.07) is 10.1. The molecular weight excluding hydrogens is 302 g/mol. The second-order valence-electron chi connectivity index (χ2n) is 7.36. The van der Waals surface area contributed by atoms with E-state index < -0.39 is 0 Å². The molecule has 0 aliphatic carbocycles. The van der Waals surface area contributed by atoms with Crippen LogP contribution in [0.2, 0.25) is 0 Å². The average Bonchev–Trinajstić information content (AvgIpc) is 2.76. The minimum absolute atomic E-state index is 0.0928. The highest BCUT2D eigenvalue weighted by molar-refractivity contribution is 5.79. The SMILES string of the molecule is CC(C)N1CC2(COCCN(Cc3ccc(C#N)cc3)C2)CC1=O. The van der Waals surface area contributed by atoms with E-state index in [0.29, 0.717) is 25.2 Å². The monoisotopic (exact) mass is 327 g/mol. The van der Waals surface area contributed by atoms with Crippen molar-refractivity contribution in [3.8, 4) is 6.07 Å². The smallest absolute Gasteiger partial charge is 0.223 e. The van der Waals surface area contributed by atoms with Crippen LogP contribution < -0.4 is 0 Å². The molecule has 2 aliphatic rings. The van der Waals surface area contributed by atoms with E-state index in [1.807, 2.05) is 29.2 Å². The van der Waals surface area contributed by atoms with Gasteiger partial charge in [0.2, 0.25) is 5.91 Å². The predicted molar refractivity (Wildman–Crippen MR) is 91.2 cm³/mol. The maximum atomic E-state index is 12.4. The lowest BCUT2D eigenvalue weighted by molar-refractivity contribution is -0.129. The minimum atomic E-state index is -0.0928. The van der Waals surface area contributed by atoms with Crippen molar-refractivity contribution in [3.63, 3.8) is 0 Å². The lowest BCUT2D eigenvalue weighted by Gasteiger charge is -2.32. The third-order valence-corrected chi connectivity index (χ3v) is 4.98. The molecule has 1 aromatic rings. The first kappa shape index (κ1) is 16.9. The molecular formula is C19H25N3O2. The quantitative estimate of drug-likeness (QED) is 0.852. The van der Waals surface area contributed by atoms with Crippen molar-refractivity contribution in [2.24, 2.45) is 5.41 Å². The summed E-state index contributed by atoms with van der Waals surface area (Å²) in [6.45, 7) is 8.87. The van der Waals surface area contributed by atoms with Crippen LogP contribution in [0.1, 0.15) is 31.4 Å². The Hall–Kier alpha value is -1.90. The molecule has 2 aliphatic heterocycles. The summed E-state index contributed by atoms with van der Waals surface area (Å²) in [4.78, 5) is 16.7. The van der Waals surface area contributed by atoms with Crippen molar-refractivity contribution in [1.29, 1.82) is 5.26 Å². The fraction of sp³-hybridized carbons (Fsp3) is 0.579. The molecule has 2 saturated heterocycles. The van der Waals surface area contributed by atoms with Crippen LogP contribution in [0.15, 0.2) is 24.3 Å². The van der Waals surface area contributed by atoms with Gasteiger partial charge in [0, 0.05) is 44.1 Å².